The second-order valence-corrected chi connectivity index (χ2v) is 1.63. The topological polar surface area (TPSA) is 150 Å². The molecule has 0 unspecified atom stereocenters. The van der Waals surface area contributed by atoms with Crippen LogP contribution in [-0.2, 0) is 21.6 Å². The molecule has 0 aromatic rings. The molecule has 0 rings (SSSR count). The zero-order valence-corrected chi connectivity index (χ0v) is 6.14. The molecule has 0 heterocycles. The van der Waals surface area contributed by atoms with E-state index in [0.29, 0.717) is 0 Å². The molecule has 0 aliphatic heterocycles. The van der Waals surface area contributed by atoms with Gasteiger partial charge in [0.05, 0.1) is 12.9 Å². The molecule has 8 nitrogen and oxygen atoms in total. The molecule has 0 aliphatic rings. The molecular weight excluding hydrogens is 213 g/mol. The van der Waals surface area contributed by atoms with Crippen molar-refractivity contribution in [1.29, 1.82) is 0 Å². The Balaban J connectivity index is -0.0000000910. The number of hydrogen-bond donors (Lipinski definition) is 1. The second kappa shape index (κ2) is 6.94. The Morgan fingerprint density at radius 1 is 1.30 bits per heavy atom. The van der Waals surface area contributed by atoms with Crippen LogP contribution in [0.2, 0.25) is 0 Å². The number of nitrogens with zero attached hydrogens (tertiary/aromatic N) is 1. The summed E-state index contributed by atoms with van der Waals surface area (Å²) in [5.41, 5.74) is 0. The molecule has 0 saturated heterocycles. The summed E-state index contributed by atoms with van der Waals surface area (Å²) in [6, 6.07) is 0. The van der Waals surface area contributed by atoms with Crippen LogP contribution in [0.25, 0.3) is 0 Å². The van der Waals surface area contributed by atoms with Crippen LogP contribution in [-0.4, -0.2) is 9.98 Å². The van der Waals surface area contributed by atoms with E-state index in [4.69, 9.17) is 34.6 Å². The molecule has 0 aromatic heterocycles. The molecule has 0 fully saturated rings. The fraction of sp³-hybridized carbons (Fsp3) is 0. The standard InChI is InChI=1S/Fe.NO3.H3O4P/c;2-1(3)4;1-5(2,3)4/h;;(H3,1,2,3,4)/q+3;-1;/p-2. The average molecular weight is 214 g/mol. The first-order valence-electron chi connectivity index (χ1n) is 1.30. The van der Waals surface area contributed by atoms with E-state index in [1.54, 1.807) is 0 Å². The summed E-state index contributed by atoms with van der Waals surface area (Å²) >= 11 is 0. The Bertz CT molecular complexity index is 113. The van der Waals surface area contributed by atoms with Gasteiger partial charge in [0.2, 0.25) is 0 Å². The van der Waals surface area contributed by atoms with E-state index in [-0.39, 0.29) is 17.1 Å². The number of hydrogen-bond acceptors (Lipinski definition) is 6. The van der Waals surface area contributed by atoms with Crippen LogP contribution in [0.1, 0.15) is 0 Å². The van der Waals surface area contributed by atoms with Gasteiger partial charge in [-0.1, -0.05) is 0 Å². The van der Waals surface area contributed by atoms with Crippen molar-refractivity contribution in [3.8, 4) is 0 Å². The van der Waals surface area contributed by atoms with Crippen LogP contribution < -0.4 is 9.79 Å². The van der Waals surface area contributed by atoms with E-state index in [2.05, 4.69) is 0 Å². The van der Waals surface area contributed by atoms with Crippen LogP contribution in [0.5, 0.6) is 0 Å². The first-order valence-corrected chi connectivity index (χ1v) is 2.79. The minimum absolute atomic E-state index is 0. The van der Waals surface area contributed by atoms with Gasteiger partial charge in [0, 0.05) is 0 Å². The predicted molar refractivity (Wildman–Crippen MR) is 20.2 cm³/mol. The van der Waals surface area contributed by atoms with E-state index >= 15 is 0 Å². The molecule has 0 saturated carbocycles. The maximum Gasteiger partial charge on any atom is 3.00 e. The van der Waals surface area contributed by atoms with Gasteiger partial charge in [-0.25, -0.2) is 0 Å². The SMILES string of the molecule is O=P([O-])([O-])O.O=[N+]([O-])[O-].[Fe+3]. The molecule has 1 radical (unpaired) electrons. The Morgan fingerprint density at radius 2 is 1.30 bits per heavy atom. The quantitative estimate of drug-likeness (QED) is 0.203. The summed E-state index contributed by atoms with van der Waals surface area (Å²) in [7, 11) is -5.14. The number of rotatable bonds is 0. The van der Waals surface area contributed by atoms with Crippen molar-refractivity contribution < 1.29 is 41.4 Å². The Hall–Kier alpha value is -0.171. The van der Waals surface area contributed by atoms with Gasteiger partial charge < -0.3 is 34.6 Å². The third kappa shape index (κ3) is 12600. The third-order valence-corrected chi connectivity index (χ3v) is 0. The van der Waals surface area contributed by atoms with Gasteiger partial charge >= 0.3 is 17.1 Å². The van der Waals surface area contributed by atoms with Gasteiger partial charge in [0.25, 0.3) is 0 Å². The minimum Gasteiger partial charge on any atom is -0.790 e. The summed E-state index contributed by atoms with van der Waals surface area (Å²) in [6.45, 7) is 0. The summed E-state index contributed by atoms with van der Waals surface area (Å²) < 4.78 is 8.66. The molecule has 0 bridgehead atoms. The maximum absolute atomic E-state index is 8.66. The summed E-state index contributed by atoms with van der Waals surface area (Å²) in [5.74, 6) is 0. The largest absolute Gasteiger partial charge is 3.00 e. The normalized spacial score (nSPS) is 8.30. The van der Waals surface area contributed by atoms with Gasteiger partial charge in [-0.3, -0.25) is 0 Å². The van der Waals surface area contributed by atoms with E-state index in [0.717, 1.165) is 0 Å². The van der Waals surface area contributed by atoms with E-state index in [9.17, 15) is 0 Å². The maximum atomic E-state index is 8.66. The summed E-state index contributed by atoms with van der Waals surface area (Å²) in [5, 5.41) is 14.8. The van der Waals surface area contributed by atoms with Gasteiger partial charge in [-0.15, -0.1) is 0 Å². The van der Waals surface area contributed by atoms with Crippen LogP contribution >= 0.6 is 7.82 Å². The molecule has 0 spiro atoms. The van der Waals surface area contributed by atoms with Crippen molar-refractivity contribution in [3.63, 3.8) is 0 Å². The Labute approximate surface area is 65.3 Å². The van der Waals surface area contributed by atoms with Gasteiger partial charge in [-0.05, 0) is 0 Å². The van der Waals surface area contributed by atoms with Crippen LogP contribution in [0.4, 0.5) is 0 Å². The molecule has 0 atom stereocenters. The van der Waals surface area contributed by atoms with Gasteiger partial charge in [0.1, 0.15) is 0 Å². The first kappa shape index (κ1) is 16.4. The van der Waals surface area contributed by atoms with Crippen LogP contribution in [0.15, 0.2) is 0 Å². The third-order valence-electron chi connectivity index (χ3n) is 0. The van der Waals surface area contributed by atoms with Crippen molar-refractivity contribution in [1.82, 2.24) is 0 Å². The molecule has 0 aliphatic carbocycles. The first-order chi connectivity index (χ1) is 3.73. The molecule has 0 amide bonds. The van der Waals surface area contributed by atoms with Crippen molar-refractivity contribution in [2.24, 2.45) is 0 Å². The van der Waals surface area contributed by atoms with E-state index < -0.39 is 12.9 Å². The Kier molecular flexibility index (Phi) is 11.4. The molecule has 10 heavy (non-hydrogen) atoms. The van der Waals surface area contributed by atoms with Crippen molar-refractivity contribution >= 4 is 7.82 Å². The van der Waals surface area contributed by atoms with Crippen LogP contribution in [0, 0.1) is 15.3 Å². The zero-order chi connectivity index (χ0) is 8.08. The second-order valence-electron chi connectivity index (χ2n) is 0.692. The fourth-order valence-corrected chi connectivity index (χ4v) is 0. The average Bonchev–Trinajstić information content (AvgIpc) is 1.19. The van der Waals surface area contributed by atoms with E-state index in [1.807, 2.05) is 0 Å². The monoisotopic (exact) mass is 214 g/mol. The smallest absolute Gasteiger partial charge is 0.790 e. The van der Waals surface area contributed by atoms with E-state index in [1.165, 1.54) is 0 Å². The Morgan fingerprint density at radius 3 is 1.30 bits per heavy atom. The number of phosphoric acid groups is 1. The van der Waals surface area contributed by atoms with Crippen LogP contribution in [0.3, 0.4) is 0 Å². The zero-order valence-electron chi connectivity index (χ0n) is 4.14. The molecule has 1 N–H and O–H groups in total. The van der Waals surface area contributed by atoms with Crippen molar-refractivity contribution in [2.45, 2.75) is 0 Å². The molecule has 10 heteroatoms. The molecule has 0 aromatic carbocycles. The van der Waals surface area contributed by atoms with Gasteiger partial charge in [0.15, 0.2) is 0 Å². The van der Waals surface area contributed by atoms with Gasteiger partial charge in [-0.2, -0.15) is 0 Å². The molecule has 61 valence electrons. The summed E-state index contributed by atoms with van der Waals surface area (Å²) in [6.07, 6.45) is 0. The molecular formula is HFeNO7P. The fourth-order valence-electron chi connectivity index (χ4n) is 0. The van der Waals surface area contributed by atoms with Crippen molar-refractivity contribution in [3.05, 3.63) is 15.3 Å². The predicted octanol–water partition coefficient (Wildman–Crippen LogP) is -2.43. The van der Waals surface area contributed by atoms with Crippen molar-refractivity contribution in [2.75, 3.05) is 0 Å². The summed E-state index contributed by atoms with van der Waals surface area (Å²) in [4.78, 5) is 32.5. The minimum atomic E-state index is -5.14.